The first-order valence-corrected chi connectivity index (χ1v) is 7.05. The number of hydrogen-bond donors (Lipinski definition) is 2. The molecular weight excluding hydrogens is 300 g/mol. The maximum atomic E-state index is 12.1. The van der Waals surface area contributed by atoms with E-state index in [2.05, 4.69) is 10.5 Å². The minimum atomic E-state index is -1.06. The largest absolute Gasteiger partial charge is 0.495 e. The van der Waals surface area contributed by atoms with Gasteiger partial charge in [0.1, 0.15) is 11.5 Å². The monoisotopic (exact) mass is 318 g/mol. The molecule has 2 N–H and O–H groups in total. The summed E-state index contributed by atoms with van der Waals surface area (Å²) in [5.74, 6) is -0.250. The second kappa shape index (κ2) is 6.95. The van der Waals surface area contributed by atoms with Gasteiger partial charge >= 0.3 is 5.97 Å². The lowest BCUT2D eigenvalue weighted by molar-refractivity contribution is -0.116. The molecule has 0 saturated heterocycles. The Kier molecular flexibility index (Phi) is 5.00. The van der Waals surface area contributed by atoms with E-state index in [1.807, 2.05) is 6.92 Å². The summed E-state index contributed by atoms with van der Waals surface area (Å²) in [5.41, 5.74) is 2.23. The molecule has 122 valence electrons. The van der Waals surface area contributed by atoms with E-state index in [1.165, 1.54) is 25.3 Å². The standard InChI is InChI=1S/C16H18N2O5/c1-9-12(10(2)23-18-9)5-7-15(19)17-13-6-4-11(16(20)21)8-14(13)22-3/h4,6,8H,5,7H2,1-3H3,(H,17,19)(H,20,21). The van der Waals surface area contributed by atoms with Crippen LogP contribution in [0.25, 0.3) is 0 Å². The van der Waals surface area contributed by atoms with Crippen molar-refractivity contribution in [1.29, 1.82) is 0 Å². The van der Waals surface area contributed by atoms with Gasteiger partial charge in [0, 0.05) is 12.0 Å². The van der Waals surface area contributed by atoms with Crippen LogP contribution in [0.2, 0.25) is 0 Å². The van der Waals surface area contributed by atoms with Gasteiger partial charge in [0.15, 0.2) is 0 Å². The van der Waals surface area contributed by atoms with Crippen molar-refractivity contribution in [2.24, 2.45) is 0 Å². The number of carbonyl (C=O) groups is 2. The van der Waals surface area contributed by atoms with Gasteiger partial charge in [-0.2, -0.15) is 0 Å². The summed E-state index contributed by atoms with van der Waals surface area (Å²) in [6.07, 6.45) is 0.773. The van der Waals surface area contributed by atoms with E-state index in [0.29, 0.717) is 23.6 Å². The second-order valence-electron chi connectivity index (χ2n) is 5.07. The summed E-state index contributed by atoms with van der Waals surface area (Å²) in [4.78, 5) is 23.0. The zero-order valence-electron chi connectivity index (χ0n) is 13.2. The number of ether oxygens (including phenoxy) is 1. The number of amides is 1. The molecule has 0 bridgehead atoms. The molecule has 0 saturated carbocycles. The molecule has 1 aromatic heterocycles. The van der Waals surface area contributed by atoms with Gasteiger partial charge < -0.3 is 19.7 Å². The van der Waals surface area contributed by atoms with Crippen molar-refractivity contribution in [3.8, 4) is 5.75 Å². The van der Waals surface area contributed by atoms with E-state index in [-0.39, 0.29) is 17.9 Å². The number of nitrogens with zero attached hydrogens (tertiary/aromatic N) is 1. The van der Waals surface area contributed by atoms with E-state index in [4.69, 9.17) is 14.4 Å². The van der Waals surface area contributed by atoms with E-state index >= 15 is 0 Å². The fourth-order valence-electron chi connectivity index (χ4n) is 2.24. The van der Waals surface area contributed by atoms with Gasteiger partial charge in [0.25, 0.3) is 0 Å². The van der Waals surface area contributed by atoms with Gasteiger partial charge in [-0.05, 0) is 38.5 Å². The third kappa shape index (κ3) is 3.88. The summed E-state index contributed by atoms with van der Waals surface area (Å²) in [6.45, 7) is 3.64. The van der Waals surface area contributed by atoms with Gasteiger partial charge in [-0.15, -0.1) is 0 Å². The molecule has 1 aromatic carbocycles. The highest BCUT2D eigenvalue weighted by atomic mass is 16.5. The van der Waals surface area contributed by atoms with Crippen molar-refractivity contribution in [1.82, 2.24) is 5.16 Å². The molecule has 0 unspecified atom stereocenters. The first kappa shape index (κ1) is 16.5. The molecule has 0 radical (unpaired) electrons. The minimum absolute atomic E-state index is 0.0931. The first-order valence-electron chi connectivity index (χ1n) is 7.05. The number of carboxylic acids is 1. The molecule has 0 atom stereocenters. The molecular formula is C16H18N2O5. The fraction of sp³-hybridized carbons (Fsp3) is 0.312. The number of aromatic carboxylic acids is 1. The number of rotatable bonds is 6. The van der Waals surface area contributed by atoms with E-state index in [0.717, 1.165) is 11.3 Å². The molecule has 2 rings (SSSR count). The summed E-state index contributed by atoms with van der Waals surface area (Å²) in [6, 6.07) is 4.29. The molecule has 0 fully saturated rings. The molecule has 1 amide bonds. The van der Waals surface area contributed by atoms with Crippen LogP contribution in [0, 0.1) is 13.8 Å². The quantitative estimate of drug-likeness (QED) is 0.848. The summed E-state index contributed by atoms with van der Waals surface area (Å²) >= 11 is 0. The van der Waals surface area contributed by atoms with Crippen LogP contribution in [-0.4, -0.2) is 29.2 Å². The lowest BCUT2D eigenvalue weighted by Gasteiger charge is -2.11. The van der Waals surface area contributed by atoms with Gasteiger partial charge in [-0.3, -0.25) is 4.79 Å². The highest BCUT2D eigenvalue weighted by Gasteiger charge is 2.14. The normalized spacial score (nSPS) is 10.4. The Morgan fingerprint density at radius 1 is 1.35 bits per heavy atom. The van der Waals surface area contributed by atoms with Crippen LogP contribution in [-0.2, 0) is 11.2 Å². The number of carboxylic acid groups (broad SMARTS) is 1. The maximum absolute atomic E-state index is 12.1. The van der Waals surface area contributed by atoms with Crippen LogP contribution < -0.4 is 10.1 Å². The lowest BCUT2D eigenvalue weighted by atomic mass is 10.1. The number of benzene rings is 1. The Hall–Kier alpha value is -2.83. The van der Waals surface area contributed by atoms with E-state index < -0.39 is 5.97 Å². The zero-order chi connectivity index (χ0) is 17.0. The summed E-state index contributed by atoms with van der Waals surface area (Å²) in [5, 5.41) is 15.5. The van der Waals surface area contributed by atoms with Crippen molar-refractivity contribution < 1.29 is 24.0 Å². The molecule has 0 aliphatic rings. The van der Waals surface area contributed by atoms with Gasteiger partial charge in [-0.25, -0.2) is 4.79 Å². The molecule has 0 aliphatic carbocycles. The van der Waals surface area contributed by atoms with E-state index in [9.17, 15) is 9.59 Å². The van der Waals surface area contributed by atoms with Gasteiger partial charge in [0.2, 0.25) is 5.91 Å². The average molecular weight is 318 g/mol. The molecule has 1 heterocycles. The molecule has 23 heavy (non-hydrogen) atoms. The van der Waals surface area contributed by atoms with Crippen LogP contribution in [0.5, 0.6) is 5.75 Å². The van der Waals surface area contributed by atoms with E-state index in [1.54, 1.807) is 6.92 Å². The number of aromatic nitrogens is 1. The van der Waals surface area contributed by atoms with Crippen molar-refractivity contribution in [2.45, 2.75) is 26.7 Å². The van der Waals surface area contributed by atoms with Crippen molar-refractivity contribution in [2.75, 3.05) is 12.4 Å². The molecule has 2 aromatic rings. The van der Waals surface area contributed by atoms with Crippen LogP contribution in [0.3, 0.4) is 0 Å². The van der Waals surface area contributed by atoms with Crippen LogP contribution in [0.1, 0.15) is 33.8 Å². The van der Waals surface area contributed by atoms with Gasteiger partial charge in [-0.1, -0.05) is 5.16 Å². The third-order valence-corrected chi connectivity index (χ3v) is 3.51. The Morgan fingerprint density at radius 2 is 2.09 bits per heavy atom. The Bertz CT molecular complexity index is 717. The zero-order valence-corrected chi connectivity index (χ0v) is 13.2. The number of hydrogen-bond acceptors (Lipinski definition) is 5. The van der Waals surface area contributed by atoms with Crippen molar-refractivity contribution in [3.05, 3.63) is 40.8 Å². The topological polar surface area (TPSA) is 102 Å². The Labute approximate surface area is 133 Å². The summed E-state index contributed by atoms with van der Waals surface area (Å²) in [7, 11) is 1.42. The molecule has 7 heteroatoms. The minimum Gasteiger partial charge on any atom is -0.495 e. The van der Waals surface area contributed by atoms with Gasteiger partial charge in [0.05, 0.1) is 24.1 Å². The highest BCUT2D eigenvalue weighted by Crippen LogP contribution is 2.26. The van der Waals surface area contributed by atoms with Crippen LogP contribution in [0.15, 0.2) is 22.7 Å². The number of aryl methyl sites for hydroxylation is 2. The molecule has 7 nitrogen and oxygen atoms in total. The number of anilines is 1. The lowest BCUT2D eigenvalue weighted by Crippen LogP contribution is -2.13. The average Bonchev–Trinajstić information content (AvgIpc) is 2.84. The highest BCUT2D eigenvalue weighted by molar-refractivity contribution is 5.94. The Balaban J connectivity index is 2.04. The number of methoxy groups -OCH3 is 1. The van der Waals surface area contributed by atoms with Crippen molar-refractivity contribution in [3.63, 3.8) is 0 Å². The third-order valence-electron chi connectivity index (χ3n) is 3.51. The number of carbonyl (C=O) groups excluding carboxylic acids is 1. The second-order valence-corrected chi connectivity index (χ2v) is 5.07. The smallest absolute Gasteiger partial charge is 0.335 e. The van der Waals surface area contributed by atoms with Crippen LogP contribution >= 0.6 is 0 Å². The predicted molar refractivity (Wildman–Crippen MR) is 82.9 cm³/mol. The van der Waals surface area contributed by atoms with Crippen LogP contribution in [0.4, 0.5) is 5.69 Å². The first-order chi connectivity index (χ1) is 10.9. The SMILES string of the molecule is COc1cc(C(=O)O)ccc1NC(=O)CCc1c(C)noc1C. The maximum Gasteiger partial charge on any atom is 0.335 e. The Morgan fingerprint density at radius 3 is 2.65 bits per heavy atom. The number of nitrogens with one attached hydrogen (secondary N) is 1. The molecule has 0 aliphatic heterocycles. The predicted octanol–water partition coefficient (Wildman–Crippen LogP) is 2.57. The molecule has 0 spiro atoms. The fourth-order valence-corrected chi connectivity index (χ4v) is 2.24. The summed E-state index contributed by atoms with van der Waals surface area (Å²) < 4.78 is 10.2. The van der Waals surface area contributed by atoms with Crippen molar-refractivity contribution >= 4 is 17.6 Å².